The average molecular weight is 341 g/mol. The van der Waals surface area contributed by atoms with Crippen LogP contribution in [-0.4, -0.2) is 25.0 Å². The zero-order valence-corrected chi connectivity index (χ0v) is 15.5. The van der Waals surface area contributed by atoms with Crippen LogP contribution < -0.4 is 14.8 Å². The van der Waals surface area contributed by atoms with Gasteiger partial charge < -0.3 is 14.8 Å². The first-order valence-electron chi connectivity index (χ1n) is 8.63. The van der Waals surface area contributed by atoms with E-state index < -0.39 is 5.60 Å². The summed E-state index contributed by atoms with van der Waals surface area (Å²) in [4.78, 5) is 11.8. The third kappa shape index (κ3) is 5.61. The van der Waals surface area contributed by atoms with Gasteiger partial charge in [0.1, 0.15) is 17.1 Å². The van der Waals surface area contributed by atoms with E-state index in [0.717, 1.165) is 12.3 Å². The van der Waals surface area contributed by atoms with E-state index >= 15 is 0 Å². The highest BCUT2D eigenvalue weighted by Gasteiger charge is 2.32. The Morgan fingerprint density at radius 1 is 1.16 bits per heavy atom. The summed E-state index contributed by atoms with van der Waals surface area (Å²) in [7, 11) is 1.95. The lowest BCUT2D eigenvalue weighted by molar-refractivity contribution is 0.0618. The van der Waals surface area contributed by atoms with E-state index in [1.807, 2.05) is 52.1 Å². The van der Waals surface area contributed by atoms with Crippen LogP contribution in [-0.2, 0) is 6.54 Å². The summed E-state index contributed by atoms with van der Waals surface area (Å²) in [5, 5.41) is 3.08. The molecule has 0 fully saturated rings. The number of ether oxygens (including phenoxy) is 2. The first kappa shape index (κ1) is 19.0. The van der Waals surface area contributed by atoms with Crippen LogP contribution in [0.1, 0.15) is 43.1 Å². The maximum absolute atomic E-state index is 11.8. The molecule has 0 saturated carbocycles. The Bertz CT molecular complexity index is 696. The Labute approximate surface area is 150 Å². The predicted molar refractivity (Wildman–Crippen MR) is 100 cm³/mol. The number of rotatable bonds is 4. The second-order valence-corrected chi connectivity index (χ2v) is 6.57. The van der Waals surface area contributed by atoms with Gasteiger partial charge in [0.15, 0.2) is 5.78 Å². The minimum Gasteiger partial charge on any atom is -0.494 e. The molecule has 4 nitrogen and oxygen atoms in total. The molecule has 0 saturated heterocycles. The molecular weight excluding hydrogens is 314 g/mol. The normalized spacial score (nSPS) is 14.6. The van der Waals surface area contributed by atoms with Crippen molar-refractivity contribution in [1.82, 2.24) is 5.32 Å². The van der Waals surface area contributed by atoms with Crippen molar-refractivity contribution < 1.29 is 14.3 Å². The zero-order chi connectivity index (χ0) is 18.3. The number of benzene rings is 2. The highest BCUT2D eigenvalue weighted by Crippen LogP contribution is 2.35. The average Bonchev–Trinajstić information content (AvgIpc) is 2.55. The lowest BCUT2D eigenvalue weighted by Crippen LogP contribution is -2.35. The van der Waals surface area contributed by atoms with Gasteiger partial charge in [-0.2, -0.15) is 0 Å². The number of Topliss-reactive ketones (excluding diaryl/α,β-unsaturated/α-hetero) is 1. The van der Waals surface area contributed by atoms with Gasteiger partial charge in [0.25, 0.3) is 0 Å². The highest BCUT2D eigenvalue weighted by molar-refractivity contribution is 6.00. The molecule has 1 N–H and O–H groups in total. The Morgan fingerprint density at radius 2 is 1.88 bits per heavy atom. The van der Waals surface area contributed by atoms with Gasteiger partial charge in [0.2, 0.25) is 0 Å². The van der Waals surface area contributed by atoms with E-state index in [1.54, 1.807) is 12.1 Å². The first-order valence-corrected chi connectivity index (χ1v) is 8.63. The number of nitrogens with one attached hydrogen (secondary N) is 1. The van der Waals surface area contributed by atoms with E-state index in [2.05, 4.69) is 17.4 Å². The van der Waals surface area contributed by atoms with Crippen LogP contribution in [0.3, 0.4) is 0 Å². The molecule has 0 radical (unpaired) electrons. The minimum absolute atomic E-state index is 0.134. The lowest BCUT2D eigenvalue weighted by Gasteiger charge is -2.31. The molecular formula is C21H27NO3. The summed E-state index contributed by atoms with van der Waals surface area (Å²) in [6, 6.07) is 15.7. The summed E-state index contributed by atoms with van der Waals surface area (Å²) in [6.07, 6.45) is 0.425. The zero-order valence-electron chi connectivity index (χ0n) is 15.5. The van der Waals surface area contributed by atoms with Crippen molar-refractivity contribution in [2.45, 2.75) is 39.3 Å². The third-order valence-electron chi connectivity index (χ3n) is 3.76. The smallest absolute Gasteiger partial charge is 0.170 e. The van der Waals surface area contributed by atoms with Crippen molar-refractivity contribution in [2.75, 3.05) is 13.7 Å². The molecule has 2 aromatic carbocycles. The Hall–Kier alpha value is -2.33. The number of ketones is 1. The summed E-state index contributed by atoms with van der Waals surface area (Å²) in [5.74, 6) is 1.51. The second-order valence-electron chi connectivity index (χ2n) is 6.57. The summed E-state index contributed by atoms with van der Waals surface area (Å²) >= 11 is 0. The van der Waals surface area contributed by atoms with E-state index in [0.29, 0.717) is 24.3 Å². The number of carbonyl (C=O) groups excluding carboxylic acids is 1. The van der Waals surface area contributed by atoms with Gasteiger partial charge in [0.05, 0.1) is 18.6 Å². The van der Waals surface area contributed by atoms with E-state index in [9.17, 15) is 4.79 Å². The van der Waals surface area contributed by atoms with Gasteiger partial charge in [-0.15, -0.1) is 0 Å². The second kappa shape index (κ2) is 8.67. The molecule has 0 spiro atoms. The Morgan fingerprint density at radius 3 is 2.52 bits per heavy atom. The lowest BCUT2D eigenvalue weighted by atomic mass is 9.93. The standard InChI is InChI=1S/C13H16O3.C8H11N/c1-4-15-9-5-6-10-11(14)8-13(2,3)16-12(10)7-9;1-9-7-8-5-3-2-4-6-8/h5-7H,4,8H2,1-3H3;2-6,9H,7H2,1H3. The number of carbonyl (C=O) groups is 1. The molecule has 0 amide bonds. The third-order valence-corrected chi connectivity index (χ3v) is 3.76. The molecule has 134 valence electrons. The fraction of sp³-hybridized carbons (Fsp3) is 0.381. The highest BCUT2D eigenvalue weighted by atomic mass is 16.5. The summed E-state index contributed by atoms with van der Waals surface area (Å²) in [5.41, 5.74) is 1.57. The van der Waals surface area contributed by atoms with Gasteiger partial charge in [-0.3, -0.25) is 4.79 Å². The maximum Gasteiger partial charge on any atom is 0.170 e. The number of fused-ring (bicyclic) bond motifs is 1. The fourth-order valence-electron chi connectivity index (χ4n) is 2.69. The molecule has 0 atom stereocenters. The molecule has 3 rings (SSSR count). The van der Waals surface area contributed by atoms with Gasteiger partial charge in [-0.25, -0.2) is 0 Å². The SMILES string of the molecule is CCOc1ccc2c(c1)OC(C)(C)CC2=O.CNCc1ccccc1. The van der Waals surface area contributed by atoms with Crippen molar-refractivity contribution in [3.05, 3.63) is 59.7 Å². The van der Waals surface area contributed by atoms with Crippen molar-refractivity contribution in [3.63, 3.8) is 0 Å². The molecule has 0 bridgehead atoms. The Balaban J connectivity index is 0.000000212. The molecule has 1 aliphatic rings. The largest absolute Gasteiger partial charge is 0.494 e. The molecule has 1 heterocycles. The van der Waals surface area contributed by atoms with Crippen LogP contribution in [0, 0.1) is 0 Å². The topological polar surface area (TPSA) is 47.6 Å². The summed E-state index contributed by atoms with van der Waals surface area (Å²) < 4.78 is 11.2. The van der Waals surface area contributed by atoms with E-state index in [4.69, 9.17) is 9.47 Å². The minimum atomic E-state index is -0.422. The number of hydrogen-bond acceptors (Lipinski definition) is 4. The van der Waals surface area contributed by atoms with Crippen LogP contribution in [0.4, 0.5) is 0 Å². The van der Waals surface area contributed by atoms with Gasteiger partial charge in [-0.05, 0) is 45.5 Å². The van der Waals surface area contributed by atoms with Crippen molar-refractivity contribution in [2.24, 2.45) is 0 Å². The molecule has 0 unspecified atom stereocenters. The quantitative estimate of drug-likeness (QED) is 0.904. The van der Waals surface area contributed by atoms with Crippen molar-refractivity contribution >= 4 is 5.78 Å². The van der Waals surface area contributed by atoms with Gasteiger partial charge >= 0.3 is 0 Å². The first-order chi connectivity index (χ1) is 11.9. The van der Waals surface area contributed by atoms with Crippen LogP contribution in [0.15, 0.2) is 48.5 Å². The molecule has 25 heavy (non-hydrogen) atoms. The summed E-state index contributed by atoms with van der Waals surface area (Å²) in [6.45, 7) is 7.33. The molecule has 0 aromatic heterocycles. The molecule has 2 aromatic rings. The van der Waals surface area contributed by atoms with Crippen molar-refractivity contribution in [3.8, 4) is 11.5 Å². The fourth-order valence-corrected chi connectivity index (χ4v) is 2.69. The van der Waals surface area contributed by atoms with Crippen molar-refractivity contribution in [1.29, 1.82) is 0 Å². The molecule has 1 aliphatic heterocycles. The van der Waals surface area contributed by atoms with E-state index in [-0.39, 0.29) is 5.78 Å². The van der Waals surface area contributed by atoms with Crippen LogP contribution in [0.25, 0.3) is 0 Å². The molecule has 4 heteroatoms. The van der Waals surface area contributed by atoms with Gasteiger partial charge in [-0.1, -0.05) is 30.3 Å². The molecule has 0 aliphatic carbocycles. The van der Waals surface area contributed by atoms with Crippen LogP contribution >= 0.6 is 0 Å². The maximum atomic E-state index is 11.8. The predicted octanol–water partition coefficient (Wildman–Crippen LogP) is 4.24. The van der Waals surface area contributed by atoms with Crippen LogP contribution in [0.5, 0.6) is 11.5 Å². The van der Waals surface area contributed by atoms with Gasteiger partial charge in [0, 0.05) is 12.6 Å². The Kier molecular flexibility index (Phi) is 6.59. The number of hydrogen-bond donors (Lipinski definition) is 1. The monoisotopic (exact) mass is 341 g/mol. The van der Waals surface area contributed by atoms with E-state index in [1.165, 1.54) is 5.56 Å². The van der Waals surface area contributed by atoms with Crippen LogP contribution in [0.2, 0.25) is 0 Å².